The summed E-state index contributed by atoms with van der Waals surface area (Å²) < 4.78 is 4.35. The minimum Gasteiger partial charge on any atom is -0.468 e. The highest BCUT2D eigenvalue weighted by molar-refractivity contribution is 7.80. The first kappa shape index (κ1) is 15.0. The van der Waals surface area contributed by atoms with Crippen molar-refractivity contribution in [1.29, 1.82) is 0 Å². The molecular weight excluding hydrogens is 230 g/mol. The van der Waals surface area contributed by atoms with E-state index in [0.29, 0.717) is 5.75 Å². The molecule has 2 N–H and O–H groups in total. The SMILES string of the molecule is COC(=O)CNC(=O)CC(O)/C=C/CCS. The van der Waals surface area contributed by atoms with Gasteiger partial charge in [-0.1, -0.05) is 12.2 Å². The molecule has 16 heavy (non-hydrogen) atoms. The highest BCUT2D eigenvalue weighted by Crippen LogP contribution is 1.96. The Hall–Kier alpha value is -1.01. The number of methoxy groups -OCH3 is 1. The van der Waals surface area contributed by atoms with Crippen LogP contribution in [0.5, 0.6) is 0 Å². The molecule has 0 aromatic carbocycles. The Morgan fingerprint density at radius 2 is 2.25 bits per heavy atom. The van der Waals surface area contributed by atoms with Crippen LogP contribution in [0.2, 0.25) is 0 Å². The lowest BCUT2D eigenvalue weighted by Crippen LogP contribution is -2.32. The molecule has 0 radical (unpaired) electrons. The third-order valence-electron chi connectivity index (χ3n) is 1.71. The number of aliphatic hydroxyl groups excluding tert-OH is 1. The van der Waals surface area contributed by atoms with Gasteiger partial charge in [0, 0.05) is 0 Å². The van der Waals surface area contributed by atoms with Gasteiger partial charge >= 0.3 is 5.97 Å². The summed E-state index contributed by atoms with van der Waals surface area (Å²) in [6, 6.07) is 0. The molecule has 0 fully saturated rings. The summed E-state index contributed by atoms with van der Waals surface area (Å²) in [6.45, 7) is -0.178. The van der Waals surface area contributed by atoms with Crippen LogP contribution in [-0.2, 0) is 14.3 Å². The number of hydrogen-bond acceptors (Lipinski definition) is 5. The van der Waals surface area contributed by atoms with Crippen LogP contribution in [0, 0.1) is 0 Å². The van der Waals surface area contributed by atoms with Crippen molar-refractivity contribution in [2.75, 3.05) is 19.4 Å². The molecule has 0 spiro atoms. The summed E-state index contributed by atoms with van der Waals surface area (Å²) in [6.07, 6.45) is 3.13. The second-order valence-corrected chi connectivity index (χ2v) is 3.51. The van der Waals surface area contributed by atoms with Crippen molar-refractivity contribution < 1.29 is 19.4 Å². The first-order valence-corrected chi connectivity index (χ1v) is 5.52. The molecule has 0 aliphatic heterocycles. The Labute approximate surface area is 100 Å². The maximum absolute atomic E-state index is 11.2. The van der Waals surface area contributed by atoms with Gasteiger partial charge in [0.1, 0.15) is 6.54 Å². The fourth-order valence-corrected chi connectivity index (χ4v) is 1.05. The van der Waals surface area contributed by atoms with Gasteiger partial charge < -0.3 is 15.2 Å². The summed E-state index contributed by atoms with van der Waals surface area (Å²) in [4.78, 5) is 21.9. The second kappa shape index (κ2) is 9.23. The van der Waals surface area contributed by atoms with Gasteiger partial charge in [0.2, 0.25) is 5.91 Å². The maximum atomic E-state index is 11.2. The maximum Gasteiger partial charge on any atom is 0.325 e. The standard InChI is InChI=1S/C10H17NO4S/c1-15-10(14)7-11-9(13)6-8(12)4-2-3-5-16/h2,4,8,12,16H,3,5-7H2,1H3,(H,11,13)/b4-2+. The zero-order valence-corrected chi connectivity index (χ0v) is 10.1. The fourth-order valence-electron chi connectivity index (χ4n) is 0.901. The second-order valence-electron chi connectivity index (χ2n) is 3.06. The molecule has 0 saturated carbocycles. The van der Waals surface area contributed by atoms with Crippen LogP contribution in [0.3, 0.4) is 0 Å². The van der Waals surface area contributed by atoms with Crippen molar-refractivity contribution in [2.24, 2.45) is 0 Å². The van der Waals surface area contributed by atoms with Crippen LogP contribution >= 0.6 is 12.6 Å². The van der Waals surface area contributed by atoms with Crippen molar-refractivity contribution >= 4 is 24.5 Å². The summed E-state index contributed by atoms with van der Waals surface area (Å²) in [5.74, 6) is -0.223. The van der Waals surface area contributed by atoms with Crippen LogP contribution < -0.4 is 5.32 Å². The fraction of sp³-hybridized carbons (Fsp3) is 0.600. The van der Waals surface area contributed by atoms with Crippen LogP contribution in [0.25, 0.3) is 0 Å². The molecule has 1 unspecified atom stereocenters. The van der Waals surface area contributed by atoms with Gasteiger partial charge in [-0.05, 0) is 12.2 Å². The summed E-state index contributed by atoms with van der Waals surface area (Å²) in [5.41, 5.74) is 0. The molecule has 0 aromatic heterocycles. The number of carbonyl (C=O) groups is 2. The number of allylic oxidation sites excluding steroid dienone is 1. The van der Waals surface area contributed by atoms with E-state index in [1.54, 1.807) is 6.08 Å². The molecule has 0 saturated heterocycles. The number of esters is 1. The number of rotatable bonds is 7. The van der Waals surface area contributed by atoms with Crippen LogP contribution in [-0.4, -0.2) is 42.5 Å². The zero-order valence-electron chi connectivity index (χ0n) is 9.18. The molecule has 5 nitrogen and oxygen atoms in total. The lowest BCUT2D eigenvalue weighted by Gasteiger charge is -2.06. The predicted octanol–water partition coefficient (Wildman–Crippen LogP) is -0.0973. The molecule has 1 atom stereocenters. The minimum absolute atomic E-state index is 0.0694. The smallest absolute Gasteiger partial charge is 0.325 e. The predicted molar refractivity (Wildman–Crippen MR) is 63.3 cm³/mol. The number of carbonyl (C=O) groups excluding carboxylic acids is 2. The van der Waals surface area contributed by atoms with E-state index in [1.165, 1.54) is 13.2 Å². The van der Waals surface area contributed by atoms with E-state index >= 15 is 0 Å². The Kier molecular flexibility index (Phi) is 8.65. The molecular formula is C10H17NO4S. The average molecular weight is 247 g/mol. The number of aliphatic hydroxyl groups is 1. The van der Waals surface area contributed by atoms with Gasteiger partial charge in [-0.2, -0.15) is 12.6 Å². The third-order valence-corrected chi connectivity index (χ3v) is 1.96. The van der Waals surface area contributed by atoms with Gasteiger partial charge in [-0.15, -0.1) is 0 Å². The van der Waals surface area contributed by atoms with Crippen molar-refractivity contribution in [3.63, 3.8) is 0 Å². The third kappa shape index (κ3) is 8.31. The summed E-state index contributed by atoms with van der Waals surface area (Å²) >= 11 is 4.00. The first-order valence-electron chi connectivity index (χ1n) is 4.89. The number of hydrogen-bond donors (Lipinski definition) is 3. The molecule has 92 valence electrons. The van der Waals surface area contributed by atoms with E-state index in [1.807, 2.05) is 0 Å². The van der Waals surface area contributed by atoms with Crippen molar-refractivity contribution in [3.05, 3.63) is 12.2 Å². The van der Waals surface area contributed by atoms with Gasteiger partial charge in [0.25, 0.3) is 0 Å². The lowest BCUT2D eigenvalue weighted by atomic mass is 10.2. The van der Waals surface area contributed by atoms with Gasteiger partial charge in [0.15, 0.2) is 0 Å². The molecule has 0 aromatic rings. The molecule has 0 bridgehead atoms. The molecule has 1 amide bonds. The highest BCUT2D eigenvalue weighted by Gasteiger charge is 2.09. The molecule has 0 aliphatic rings. The summed E-state index contributed by atoms with van der Waals surface area (Å²) in [7, 11) is 1.24. The van der Waals surface area contributed by atoms with Crippen LogP contribution in [0.1, 0.15) is 12.8 Å². The first-order chi connectivity index (χ1) is 7.60. The van der Waals surface area contributed by atoms with E-state index in [9.17, 15) is 14.7 Å². The number of ether oxygens (including phenoxy) is 1. The number of amides is 1. The minimum atomic E-state index is -0.836. The van der Waals surface area contributed by atoms with Gasteiger partial charge in [-0.25, -0.2) is 0 Å². The monoisotopic (exact) mass is 247 g/mol. The van der Waals surface area contributed by atoms with Gasteiger partial charge in [-0.3, -0.25) is 9.59 Å². The molecule has 0 heterocycles. The Morgan fingerprint density at radius 3 is 2.81 bits per heavy atom. The lowest BCUT2D eigenvalue weighted by molar-refractivity contribution is -0.141. The van der Waals surface area contributed by atoms with E-state index in [2.05, 4.69) is 22.7 Å². The molecule has 0 aliphatic carbocycles. The normalized spacial score (nSPS) is 12.4. The topological polar surface area (TPSA) is 75.6 Å². The Morgan fingerprint density at radius 1 is 1.56 bits per heavy atom. The van der Waals surface area contributed by atoms with Crippen molar-refractivity contribution in [3.8, 4) is 0 Å². The molecule has 0 rings (SSSR count). The zero-order chi connectivity index (χ0) is 12.4. The van der Waals surface area contributed by atoms with E-state index in [-0.39, 0.29) is 13.0 Å². The quantitative estimate of drug-likeness (QED) is 0.334. The summed E-state index contributed by atoms with van der Waals surface area (Å²) in [5, 5.41) is 11.7. The van der Waals surface area contributed by atoms with E-state index in [4.69, 9.17) is 0 Å². The van der Waals surface area contributed by atoms with Gasteiger partial charge in [0.05, 0.1) is 19.6 Å². The molecule has 6 heteroatoms. The average Bonchev–Trinajstić information content (AvgIpc) is 2.26. The van der Waals surface area contributed by atoms with E-state index < -0.39 is 18.0 Å². The van der Waals surface area contributed by atoms with Crippen molar-refractivity contribution in [1.82, 2.24) is 5.32 Å². The highest BCUT2D eigenvalue weighted by atomic mass is 32.1. The Balaban J connectivity index is 3.73. The number of thiol groups is 1. The van der Waals surface area contributed by atoms with Crippen LogP contribution in [0.15, 0.2) is 12.2 Å². The van der Waals surface area contributed by atoms with Crippen LogP contribution in [0.4, 0.5) is 0 Å². The van der Waals surface area contributed by atoms with Crippen molar-refractivity contribution in [2.45, 2.75) is 18.9 Å². The number of nitrogens with one attached hydrogen (secondary N) is 1. The largest absolute Gasteiger partial charge is 0.468 e. The van der Waals surface area contributed by atoms with E-state index in [0.717, 1.165) is 6.42 Å². The Bertz CT molecular complexity index is 255.